The Morgan fingerprint density at radius 3 is 2.56 bits per heavy atom. The number of halogens is 3. The Labute approximate surface area is 226 Å². The van der Waals surface area contributed by atoms with Gasteiger partial charge in [-0.15, -0.1) is 0 Å². The van der Waals surface area contributed by atoms with E-state index in [1.807, 2.05) is 0 Å². The van der Waals surface area contributed by atoms with Gasteiger partial charge in [0, 0.05) is 31.4 Å². The number of rotatable bonds is 8. The number of sulfonamides is 1. The van der Waals surface area contributed by atoms with Crippen LogP contribution in [-0.4, -0.2) is 43.0 Å². The van der Waals surface area contributed by atoms with Crippen molar-refractivity contribution in [2.75, 3.05) is 18.9 Å². The molecule has 2 aromatic carbocycles. The summed E-state index contributed by atoms with van der Waals surface area (Å²) < 4.78 is 62.4. The summed E-state index contributed by atoms with van der Waals surface area (Å²) in [5.41, 5.74) is 0.784. The summed E-state index contributed by atoms with van der Waals surface area (Å²) in [6, 6.07) is 7.25. The van der Waals surface area contributed by atoms with Crippen LogP contribution in [0.4, 0.5) is 14.5 Å². The van der Waals surface area contributed by atoms with Gasteiger partial charge in [-0.2, -0.15) is 0 Å². The van der Waals surface area contributed by atoms with Gasteiger partial charge >= 0.3 is 0 Å². The monoisotopic (exact) mass is 577 g/mol. The number of hydrogen-bond acceptors (Lipinski definition) is 7. The Morgan fingerprint density at radius 1 is 1.13 bits per heavy atom. The topological polar surface area (TPSA) is 132 Å². The molecule has 2 N–H and O–H groups in total. The molecule has 0 unspecified atom stereocenters. The van der Waals surface area contributed by atoms with Crippen molar-refractivity contribution in [2.24, 2.45) is 5.92 Å². The maximum atomic E-state index is 14.3. The molecule has 14 heteroatoms. The average Bonchev–Trinajstić information content (AvgIpc) is 2.91. The molecule has 4 rings (SSSR count). The smallest absolute Gasteiger partial charge is 0.265 e. The molecule has 0 radical (unpaired) electrons. The number of nitrogens with one attached hydrogen (secondary N) is 2. The second kappa shape index (κ2) is 10.9. The fourth-order valence-electron chi connectivity index (χ4n) is 3.85. The summed E-state index contributed by atoms with van der Waals surface area (Å²) in [5, 5.41) is 2.23. The minimum absolute atomic E-state index is 0.117. The third-order valence-electron chi connectivity index (χ3n) is 5.88. The first-order valence-electron chi connectivity index (χ1n) is 11.4. The summed E-state index contributed by atoms with van der Waals surface area (Å²) in [4.78, 5) is 32.6. The third-order valence-corrected chi connectivity index (χ3v) is 7.55. The Hall–Kier alpha value is -4.10. The molecule has 4 aromatic rings. The minimum Gasteiger partial charge on any atom is -0.480 e. The number of ether oxygens (including phenoxy) is 1. The van der Waals surface area contributed by atoms with Gasteiger partial charge in [0.2, 0.25) is 11.8 Å². The molecular formula is C25H22ClF2N5O5S. The summed E-state index contributed by atoms with van der Waals surface area (Å²) >= 11 is 5.66. The lowest BCUT2D eigenvalue weighted by Crippen LogP contribution is -2.32. The second-order valence-corrected chi connectivity index (χ2v) is 10.6. The van der Waals surface area contributed by atoms with Crippen LogP contribution in [0, 0.1) is 17.6 Å². The number of benzene rings is 2. The molecule has 0 aliphatic carbocycles. The summed E-state index contributed by atoms with van der Waals surface area (Å²) in [7, 11) is -1.80. The van der Waals surface area contributed by atoms with E-state index in [0.29, 0.717) is 28.8 Å². The summed E-state index contributed by atoms with van der Waals surface area (Å²) in [6.45, 7) is 1.80. The molecule has 204 valence electrons. The van der Waals surface area contributed by atoms with Crippen LogP contribution < -0.4 is 20.3 Å². The number of fused-ring (bicyclic) bond motifs is 1. The molecule has 0 bridgehead atoms. The van der Waals surface area contributed by atoms with Crippen molar-refractivity contribution in [2.45, 2.75) is 18.4 Å². The maximum Gasteiger partial charge on any atom is 0.265 e. The number of carbonyl (C=O) groups is 1. The average molecular weight is 578 g/mol. The molecule has 0 fully saturated rings. The summed E-state index contributed by atoms with van der Waals surface area (Å²) in [6.07, 6.45) is 2.77. The molecular weight excluding hydrogens is 556 g/mol. The third kappa shape index (κ3) is 5.68. The van der Waals surface area contributed by atoms with Crippen LogP contribution in [0.15, 0.2) is 58.6 Å². The van der Waals surface area contributed by atoms with E-state index in [1.54, 1.807) is 25.1 Å². The predicted octanol–water partition coefficient (Wildman–Crippen LogP) is 3.58. The lowest BCUT2D eigenvalue weighted by molar-refractivity contribution is -0.124. The fraction of sp³-hybridized carbons (Fsp3) is 0.200. The predicted molar refractivity (Wildman–Crippen MR) is 141 cm³/mol. The van der Waals surface area contributed by atoms with E-state index in [1.165, 1.54) is 37.3 Å². The Morgan fingerprint density at radius 2 is 1.87 bits per heavy atom. The number of carbonyl (C=O) groups excluding carboxylic acids is 1. The number of hydrogen-bond donors (Lipinski definition) is 2. The highest BCUT2D eigenvalue weighted by Crippen LogP contribution is 2.32. The maximum absolute atomic E-state index is 14.3. The molecule has 39 heavy (non-hydrogen) atoms. The van der Waals surface area contributed by atoms with E-state index in [2.05, 4.69) is 20.0 Å². The van der Waals surface area contributed by atoms with Gasteiger partial charge < -0.3 is 10.1 Å². The van der Waals surface area contributed by atoms with Crippen molar-refractivity contribution in [3.63, 3.8) is 0 Å². The quantitative estimate of drug-likeness (QED) is 0.306. The van der Waals surface area contributed by atoms with Crippen LogP contribution in [0.1, 0.15) is 6.92 Å². The van der Waals surface area contributed by atoms with Crippen molar-refractivity contribution in [3.05, 3.63) is 75.9 Å². The van der Waals surface area contributed by atoms with E-state index < -0.39 is 37.5 Å². The highest BCUT2D eigenvalue weighted by molar-refractivity contribution is 7.92. The van der Waals surface area contributed by atoms with Gasteiger partial charge in [0.05, 0.1) is 35.3 Å². The lowest BCUT2D eigenvalue weighted by atomic mass is 10.0. The number of methoxy groups -OCH3 is 1. The summed E-state index contributed by atoms with van der Waals surface area (Å²) in [5.74, 6) is -3.27. The minimum atomic E-state index is -4.57. The van der Waals surface area contributed by atoms with Crippen molar-refractivity contribution in [3.8, 4) is 17.0 Å². The van der Waals surface area contributed by atoms with Crippen LogP contribution >= 0.6 is 11.6 Å². The van der Waals surface area contributed by atoms with Crippen LogP contribution in [-0.2, 0) is 21.4 Å². The lowest BCUT2D eigenvalue weighted by Gasteiger charge is -2.14. The van der Waals surface area contributed by atoms with Crippen LogP contribution in [0.2, 0.25) is 5.02 Å². The first kappa shape index (κ1) is 27.9. The fourth-order valence-corrected chi connectivity index (χ4v) is 5.21. The van der Waals surface area contributed by atoms with E-state index in [-0.39, 0.29) is 35.0 Å². The van der Waals surface area contributed by atoms with Crippen molar-refractivity contribution < 1.29 is 26.7 Å². The Kier molecular flexibility index (Phi) is 7.84. The largest absolute Gasteiger partial charge is 0.480 e. The van der Waals surface area contributed by atoms with Crippen LogP contribution in [0.5, 0.6) is 5.88 Å². The van der Waals surface area contributed by atoms with Crippen LogP contribution in [0.25, 0.3) is 22.0 Å². The number of amides is 1. The standard InChI is InChI=1S/C25H22ClF2N5O5S/c1-13(23(34)29-2)11-33-12-31-20-5-4-14(6-16(20)25(33)35)15-7-21(24(38-3)30-10-15)32-39(36,37)22-8-17(26)18(27)9-19(22)28/h4-10,12-13,32H,11H2,1-3H3,(H,29,34)/t13-/m0/s1. The zero-order valence-corrected chi connectivity index (χ0v) is 22.4. The van der Waals surface area contributed by atoms with Gasteiger partial charge in [0.1, 0.15) is 22.2 Å². The first-order valence-corrected chi connectivity index (χ1v) is 13.2. The Bertz CT molecular complexity index is 1760. The molecule has 1 amide bonds. The van der Waals surface area contributed by atoms with Gasteiger partial charge in [0.25, 0.3) is 15.6 Å². The zero-order chi connectivity index (χ0) is 28.5. The molecule has 0 aliphatic rings. The Balaban J connectivity index is 1.74. The van der Waals surface area contributed by atoms with E-state index in [9.17, 15) is 26.8 Å². The highest BCUT2D eigenvalue weighted by Gasteiger charge is 2.24. The van der Waals surface area contributed by atoms with Crippen molar-refractivity contribution in [1.82, 2.24) is 19.9 Å². The highest BCUT2D eigenvalue weighted by atomic mass is 35.5. The van der Waals surface area contributed by atoms with Gasteiger partial charge in [0.15, 0.2) is 0 Å². The van der Waals surface area contributed by atoms with Gasteiger partial charge in [-0.1, -0.05) is 24.6 Å². The molecule has 0 spiro atoms. The van der Waals surface area contributed by atoms with Crippen molar-refractivity contribution in [1.29, 1.82) is 0 Å². The zero-order valence-electron chi connectivity index (χ0n) is 20.8. The van der Waals surface area contributed by atoms with Gasteiger partial charge in [-0.05, 0) is 29.8 Å². The van der Waals surface area contributed by atoms with Crippen LogP contribution in [0.3, 0.4) is 0 Å². The second-order valence-electron chi connectivity index (χ2n) is 8.53. The van der Waals surface area contributed by atoms with E-state index in [0.717, 1.165) is 0 Å². The first-order chi connectivity index (χ1) is 18.4. The van der Waals surface area contributed by atoms with Gasteiger partial charge in [-0.25, -0.2) is 27.2 Å². The van der Waals surface area contributed by atoms with Gasteiger partial charge in [-0.3, -0.25) is 18.9 Å². The molecule has 0 aliphatic heterocycles. The number of pyridine rings is 1. The molecule has 2 aromatic heterocycles. The van der Waals surface area contributed by atoms with E-state index >= 15 is 0 Å². The SMILES string of the molecule is CNC(=O)[C@@H](C)Cn1cnc2ccc(-c3cnc(OC)c(NS(=O)(=O)c4cc(Cl)c(F)cc4F)c3)cc2c1=O. The van der Waals surface area contributed by atoms with E-state index in [4.69, 9.17) is 16.3 Å². The molecule has 1 atom stereocenters. The normalized spacial score (nSPS) is 12.3. The molecule has 0 saturated heterocycles. The molecule has 2 heterocycles. The number of anilines is 1. The number of aromatic nitrogens is 3. The number of nitrogens with zero attached hydrogens (tertiary/aromatic N) is 3. The molecule has 0 saturated carbocycles. The van der Waals surface area contributed by atoms with Crippen molar-refractivity contribution >= 4 is 44.1 Å². The molecule has 10 nitrogen and oxygen atoms in total.